The van der Waals surface area contributed by atoms with Gasteiger partial charge in [0.25, 0.3) is 0 Å². The molecule has 0 fully saturated rings. The Morgan fingerprint density at radius 3 is 2.93 bits per heavy atom. The lowest BCUT2D eigenvalue weighted by Gasteiger charge is -2.01. The van der Waals surface area contributed by atoms with Gasteiger partial charge in [-0.1, -0.05) is 11.6 Å². The lowest BCUT2D eigenvalue weighted by molar-refractivity contribution is 0.0519. The Hall–Kier alpha value is -1.42. The summed E-state index contributed by atoms with van der Waals surface area (Å²) in [5.74, 6) is -0.549. The second-order valence-electron chi connectivity index (χ2n) is 2.43. The largest absolute Gasteiger partial charge is 0.461 e. The third-order valence-corrected chi connectivity index (χ3v) is 1.82. The number of hydrogen-bond donors (Lipinski definition) is 0. The summed E-state index contributed by atoms with van der Waals surface area (Å²) >= 11 is 5.69. The van der Waals surface area contributed by atoms with Crippen LogP contribution in [0.3, 0.4) is 0 Å². The highest BCUT2D eigenvalue weighted by molar-refractivity contribution is 6.33. The molecule has 0 spiro atoms. The van der Waals surface area contributed by atoms with Gasteiger partial charge in [0, 0.05) is 6.20 Å². The van der Waals surface area contributed by atoms with E-state index in [0.717, 1.165) is 0 Å². The van der Waals surface area contributed by atoms with Crippen molar-refractivity contribution in [3.05, 3.63) is 28.5 Å². The van der Waals surface area contributed by atoms with Gasteiger partial charge < -0.3 is 4.74 Å². The normalized spacial score (nSPS) is 9.57. The second kappa shape index (κ2) is 4.72. The average molecular weight is 214 g/mol. The van der Waals surface area contributed by atoms with Gasteiger partial charge in [0.2, 0.25) is 0 Å². The smallest absolute Gasteiger partial charge is 0.356 e. The van der Waals surface area contributed by atoms with E-state index in [0.29, 0.717) is 6.29 Å². The summed E-state index contributed by atoms with van der Waals surface area (Å²) < 4.78 is 4.71. The van der Waals surface area contributed by atoms with Crippen LogP contribution in [0.25, 0.3) is 0 Å². The molecular formula is C9H8ClNO3. The van der Waals surface area contributed by atoms with Crippen LogP contribution in [0.1, 0.15) is 27.8 Å². The van der Waals surface area contributed by atoms with Gasteiger partial charge >= 0.3 is 5.97 Å². The van der Waals surface area contributed by atoms with Gasteiger partial charge in [0.15, 0.2) is 6.29 Å². The molecule has 1 heterocycles. The molecule has 0 saturated heterocycles. The maximum atomic E-state index is 11.2. The van der Waals surface area contributed by atoms with Crippen molar-refractivity contribution in [3.63, 3.8) is 0 Å². The fourth-order valence-corrected chi connectivity index (χ4v) is 1.04. The van der Waals surface area contributed by atoms with Gasteiger partial charge in [-0.05, 0) is 13.0 Å². The van der Waals surface area contributed by atoms with E-state index in [4.69, 9.17) is 16.3 Å². The lowest BCUT2D eigenvalue weighted by atomic mass is 10.2. The molecule has 0 aliphatic heterocycles. The number of halogens is 1. The number of rotatable bonds is 3. The number of nitrogens with zero attached hydrogens (tertiary/aromatic N) is 1. The number of esters is 1. The minimum Gasteiger partial charge on any atom is -0.461 e. The van der Waals surface area contributed by atoms with Crippen LogP contribution in [-0.4, -0.2) is 23.8 Å². The van der Waals surface area contributed by atoms with E-state index in [1.165, 1.54) is 12.3 Å². The van der Waals surface area contributed by atoms with Crippen molar-refractivity contribution < 1.29 is 14.3 Å². The predicted molar refractivity (Wildman–Crippen MR) is 50.6 cm³/mol. The highest BCUT2D eigenvalue weighted by atomic mass is 35.5. The Bertz CT molecular complexity index is 365. The third kappa shape index (κ3) is 2.29. The molecule has 74 valence electrons. The van der Waals surface area contributed by atoms with Crippen LogP contribution in [0, 0.1) is 0 Å². The summed E-state index contributed by atoms with van der Waals surface area (Å²) in [6, 6.07) is 1.31. The molecule has 1 rings (SSSR count). The summed E-state index contributed by atoms with van der Waals surface area (Å²) in [7, 11) is 0. The topological polar surface area (TPSA) is 56.3 Å². The third-order valence-electron chi connectivity index (χ3n) is 1.49. The van der Waals surface area contributed by atoms with Crippen molar-refractivity contribution in [3.8, 4) is 0 Å². The molecule has 0 aliphatic rings. The Kier molecular flexibility index (Phi) is 3.59. The van der Waals surface area contributed by atoms with Gasteiger partial charge in [0.1, 0.15) is 5.69 Å². The van der Waals surface area contributed by atoms with E-state index in [2.05, 4.69) is 4.98 Å². The minimum absolute atomic E-state index is 0.0995. The average Bonchev–Trinajstić information content (AvgIpc) is 2.18. The molecule has 1 aromatic heterocycles. The van der Waals surface area contributed by atoms with E-state index < -0.39 is 5.97 Å². The molecule has 0 atom stereocenters. The number of ether oxygens (including phenoxy) is 1. The van der Waals surface area contributed by atoms with E-state index >= 15 is 0 Å². The Balaban J connectivity index is 2.96. The fourth-order valence-electron chi connectivity index (χ4n) is 0.845. The molecule has 0 aromatic carbocycles. The summed E-state index contributed by atoms with van der Waals surface area (Å²) in [5, 5.41) is 0.193. The molecule has 0 bridgehead atoms. The van der Waals surface area contributed by atoms with Crippen LogP contribution in [0.2, 0.25) is 5.02 Å². The van der Waals surface area contributed by atoms with Crippen LogP contribution in [0.4, 0.5) is 0 Å². The van der Waals surface area contributed by atoms with Crippen LogP contribution in [-0.2, 0) is 4.74 Å². The monoisotopic (exact) mass is 213 g/mol. The summed E-state index contributed by atoms with van der Waals surface area (Å²) in [4.78, 5) is 25.3. The van der Waals surface area contributed by atoms with Crippen LogP contribution in [0.5, 0.6) is 0 Å². The first-order valence-corrected chi connectivity index (χ1v) is 4.34. The maximum absolute atomic E-state index is 11.2. The van der Waals surface area contributed by atoms with Crippen molar-refractivity contribution in [1.82, 2.24) is 4.98 Å². The SMILES string of the molecule is CCOC(=O)c1cc(Cl)c(C=O)cn1. The number of aromatic nitrogens is 1. The van der Waals surface area contributed by atoms with Crippen molar-refractivity contribution in [1.29, 1.82) is 0 Å². The predicted octanol–water partition coefficient (Wildman–Crippen LogP) is 1.72. The maximum Gasteiger partial charge on any atom is 0.356 e. The first-order valence-electron chi connectivity index (χ1n) is 3.97. The van der Waals surface area contributed by atoms with Gasteiger partial charge in [-0.15, -0.1) is 0 Å². The van der Waals surface area contributed by atoms with Gasteiger partial charge in [-0.25, -0.2) is 9.78 Å². The molecule has 0 unspecified atom stereocenters. The Labute approximate surface area is 85.9 Å². The van der Waals surface area contributed by atoms with Gasteiger partial charge in [-0.2, -0.15) is 0 Å². The van der Waals surface area contributed by atoms with Crippen molar-refractivity contribution in [2.45, 2.75) is 6.92 Å². The Morgan fingerprint density at radius 1 is 1.71 bits per heavy atom. The number of carbonyl (C=O) groups is 2. The zero-order valence-electron chi connectivity index (χ0n) is 7.49. The summed E-state index contributed by atoms with van der Waals surface area (Å²) in [5.41, 5.74) is 0.349. The fraction of sp³-hybridized carbons (Fsp3) is 0.222. The highest BCUT2D eigenvalue weighted by Gasteiger charge is 2.10. The summed E-state index contributed by atoms with van der Waals surface area (Å²) in [6.45, 7) is 1.97. The second-order valence-corrected chi connectivity index (χ2v) is 2.84. The van der Waals surface area contributed by atoms with Crippen LogP contribution >= 0.6 is 11.6 Å². The standard InChI is InChI=1S/C9H8ClNO3/c1-2-14-9(13)8-3-7(10)6(5-12)4-11-8/h3-5H,2H2,1H3. The molecule has 0 saturated carbocycles. The molecule has 5 heteroatoms. The molecular weight excluding hydrogens is 206 g/mol. The van der Waals surface area contributed by atoms with Crippen molar-refractivity contribution in [2.75, 3.05) is 6.61 Å². The number of hydrogen-bond acceptors (Lipinski definition) is 4. The molecule has 14 heavy (non-hydrogen) atoms. The minimum atomic E-state index is -0.549. The molecule has 4 nitrogen and oxygen atoms in total. The van der Waals surface area contributed by atoms with E-state index in [-0.39, 0.29) is 22.9 Å². The molecule has 0 N–H and O–H groups in total. The number of aldehydes is 1. The van der Waals surface area contributed by atoms with E-state index in [1.807, 2.05) is 0 Å². The molecule has 0 aliphatic carbocycles. The highest BCUT2D eigenvalue weighted by Crippen LogP contribution is 2.14. The van der Waals surface area contributed by atoms with E-state index in [9.17, 15) is 9.59 Å². The van der Waals surface area contributed by atoms with Crippen molar-refractivity contribution in [2.24, 2.45) is 0 Å². The first kappa shape index (κ1) is 10.7. The molecule has 1 aromatic rings. The Morgan fingerprint density at radius 2 is 2.43 bits per heavy atom. The first-order chi connectivity index (χ1) is 6.69. The quantitative estimate of drug-likeness (QED) is 0.567. The lowest BCUT2D eigenvalue weighted by Crippen LogP contribution is -2.07. The van der Waals surface area contributed by atoms with Crippen LogP contribution < -0.4 is 0 Å². The van der Waals surface area contributed by atoms with Crippen molar-refractivity contribution >= 4 is 23.9 Å². The number of pyridine rings is 1. The van der Waals surface area contributed by atoms with Gasteiger partial charge in [0.05, 0.1) is 17.2 Å². The van der Waals surface area contributed by atoms with Gasteiger partial charge in [-0.3, -0.25) is 4.79 Å². The molecule has 0 radical (unpaired) electrons. The zero-order valence-corrected chi connectivity index (χ0v) is 8.25. The van der Waals surface area contributed by atoms with E-state index in [1.54, 1.807) is 6.92 Å². The van der Waals surface area contributed by atoms with Crippen LogP contribution in [0.15, 0.2) is 12.3 Å². The molecule has 0 amide bonds. The summed E-state index contributed by atoms with van der Waals surface area (Å²) in [6.07, 6.45) is 1.81. The zero-order chi connectivity index (χ0) is 10.6. The number of carbonyl (C=O) groups excluding carboxylic acids is 2.